The Kier molecular flexibility index (Phi) is 3.13. The summed E-state index contributed by atoms with van der Waals surface area (Å²) in [5, 5.41) is 7.91. The number of rotatable bonds is 2. The molecule has 0 unspecified atom stereocenters. The number of hydrogen-bond acceptors (Lipinski definition) is 5. The van der Waals surface area contributed by atoms with E-state index in [2.05, 4.69) is 41.1 Å². The van der Waals surface area contributed by atoms with E-state index < -0.39 is 0 Å². The van der Waals surface area contributed by atoms with Gasteiger partial charge >= 0.3 is 0 Å². The van der Waals surface area contributed by atoms with Crippen LogP contribution >= 0.6 is 15.9 Å². The molecule has 2 aromatic rings. The topological polar surface area (TPSA) is 48.7 Å². The Hall–Kier alpha value is -1.18. The lowest BCUT2D eigenvalue weighted by Crippen LogP contribution is -2.61. The summed E-state index contributed by atoms with van der Waals surface area (Å²) < 4.78 is 2.85. The third-order valence-electron chi connectivity index (χ3n) is 4.16. The van der Waals surface area contributed by atoms with Gasteiger partial charge in [-0.25, -0.2) is 4.52 Å². The van der Waals surface area contributed by atoms with Gasteiger partial charge in [0.2, 0.25) is 5.95 Å². The number of halogens is 1. The van der Waals surface area contributed by atoms with Crippen molar-refractivity contribution in [2.24, 2.45) is 0 Å². The van der Waals surface area contributed by atoms with E-state index in [1.165, 1.54) is 0 Å². The van der Waals surface area contributed by atoms with E-state index in [0.29, 0.717) is 0 Å². The molecule has 0 atom stereocenters. The molecule has 0 radical (unpaired) electrons. The first kappa shape index (κ1) is 12.6. The Morgan fingerprint density at radius 3 is 2.65 bits per heavy atom. The second-order valence-corrected chi connectivity index (χ2v) is 6.31. The zero-order chi connectivity index (χ0) is 13.5. The Labute approximate surface area is 125 Å². The van der Waals surface area contributed by atoms with E-state index in [9.17, 15) is 0 Å². The molecule has 0 aliphatic carbocycles. The molecular formula is C13H17BrN6. The molecular weight excluding hydrogens is 320 g/mol. The molecule has 2 fully saturated rings. The largest absolute Gasteiger partial charge is 0.337 e. The molecule has 2 aliphatic rings. The van der Waals surface area contributed by atoms with Crippen molar-refractivity contribution in [3.05, 3.63) is 22.8 Å². The van der Waals surface area contributed by atoms with Crippen molar-refractivity contribution in [2.75, 3.05) is 44.2 Å². The van der Waals surface area contributed by atoms with E-state index in [0.717, 1.165) is 61.4 Å². The van der Waals surface area contributed by atoms with Gasteiger partial charge in [0, 0.05) is 56.0 Å². The van der Waals surface area contributed by atoms with E-state index in [1.54, 1.807) is 0 Å². The van der Waals surface area contributed by atoms with Gasteiger partial charge in [-0.2, -0.15) is 4.98 Å². The minimum Gasteiger partial charge on any atom is -0.337 e. The quantitative estimate of drug-likeness (QED) is 0.869. The lowest BCUT2D eigenvalue weighted by Gasteiger charge is -2.43. The highest BCUT2D eigenvalue weighted by molar-refractivity contribution is 9.10. The lowest BCUT2D eigenvalue weighted by atomic mass is 10.1. The molecule has 106 valence electrons. The molecule has 20 heavy (non-hydrogen) atoms. The zero-order valence-electron chi connectivity index (χ0n) is 11.2. The zero-order valence-corrected chi connectivity index (χ0v) is 12.8. The molecule has 6 nitrogen and oxygen atoms in total. The summed E-state index contributed by atoms with van der Waals surface area (Å²) in [7, 11) is 0. The molecule has 4 rings (SSSR count). The number of nitrogens with zero attached hydrogens (tertiary/aromatic N) is 5. The van der Waals surface area contributed by atoms with Gasteiger partial charge in [0.25, 0.3) is 0 Å². The van der Waals surface area contributed by atoms with Crippen LogP contribution in [0.5, 0.6) is 0 Å². The summed E-state index contributed by atoms with van der Waals surface area (Å²) in [4.78, 5) is 9.46. The van der Waals surface area contributed by atoms with Crippen molar-refractivity contribution in [2.45, 2.75) is 6.04 Å². The number of pyridine rings is 1. The molecule has 0 bridgehead atoms. The van der Waals surface area contributed by atoms with Crippen LogP contribution in [0, 0.1) is 0 Å². The Morgan fingerprint density at radius 2 is 1.95 bits per heavy atom. The van der Waals surface area contributed by atoms with Gasteiger partial charge in [-0.15, -0.1) is 5.10 Å². The van der Waals surface area contributed by atoms with Crippen LogP contribution in [-0.4, -0.2) is 64.8 Å². The van der Waals surface area contributed by atoms with Crippen molar-refractivity contribution >= 4 is 27.5 Å². The number of hydrogen-bond donors (Lipinski definition) is 1. The average Bonchev–Trinajstić information content (AvgIpc) is 2.80. The van der Waals surface area contributed by atoms with Crippen molar-refractivity contribution in [3.8, 4) is 0 Å². The van der Waals surface area contributed by atoms with Gasteiger partial charge in [-0.3, -0.25) is 4.90 Å². The summed E-state index contributed by atoms with van der Waals surface area (Å²) in [6, 6.07) is 4.72. The lowest BCUT2D eigenvalue weighted by molar-refractivity contribution is 0.137. The van der Waals surface area contributed by atoms with Crippen LogP contribution in [0.25, 0.3) is 5.65 Å². The normalized spacial score (nSPS) is 21.4. The molecule has 7 heteroatoms. The van der Waals surface area contributed by atoms with Crippen LogP contribution in [-0.2, 0) is 0 Å². The highest BCUT2D eigenvalue weighted by atomic mass is 79.9. The van der Waals surface area contributed by atoms with Crippen molar-refractivity contribution in [3.63, 3.8) is 0 Å². The minimum atomic E-state index is 0.738. The van der Waals surface area contributed by atoms with E-state index in [-0.39, 0.29) is 0 Å². The van der Waals surface area contributed by atoms with Crippen LogP contribution in [0.2, 0.25) is 0 Å². The van der Waals surface area contributed by atoms with Crippen LogP contribution in [0.15, 0.2) is 22.8 Å². The summed E-state index contributed by atoms with van der Waals surface area (Å²) >= 11 is 3.46. The van der Waals surface area contributed by atoms with Gasteiger partial charge in [0.15, 0.2) is 5.65 Å². The second-order valence-electron chi connectivity index (χ2n) is 5.40. The van der Waals surface area contributed by atoms with Gasteiger partial charge < -0.3 is 10.2 Å². The fraction of sp³-hybridized carbons (Fsp3) is 0.538. The molecule has 2 aromatic heterocycles. The maximum atomic E-state index is 4.61. The van der Waals surface area contributed by atoms with E-state index >= 15 is 0 Å². The predicted octanol–water partition coefficient (Wildman–Crippen LogP) is 0.586. The molecule has 0 aromatic carbocycles. The fourth-order valence-corrected chi connectivity index (χ4v) is 3.13. The first-order valence-electron chi connectivity index (χ1n) is 7.01. The standard InChI is InChI=1S/C13H17BrN6/c14-10-1-2-12-16-13(17-20(12)9-10)19-5-3-18(4-6-19)11-7-15-8-11/h1-2,9,11,15H,3-8H2. The van der Waals surface area contributed by atoms with Crippen LogP contribution in [0.1, 0.15) is 0 Å². The summed E-state index contributed by atoms with van der Waals surface area (Å²) in [6.45, 7) is 6.50. The first-order chi connectivity index (χ1) is 9.79. The van der Waals surface area contributed by atoms with Crippen molar-refractivity contribution in [1.29, 1.82) is 0 Å². The van der Waals surface area contributed by atoms with E-state index in [1.807, 2.05) is 22.8 Å². The number of aromatic nitrogens is 3. The van der Waals surface area contributed by atoms with Crippen LogP contribution in [0.3, 0.4) is 0 Å². The summed E-state index contributed by atoms with van der Waals surface area (Å²) in [5.41, 5.74) is 0.897. The Bertz CT molecular complexity index is 614. The van der Waals surface area contributed by atoms with E-state index in [4.69, 9.17) is 0 Å². The van der Waals surface area contributed by atoms with Crippen molar-refractivity contribution < 1.29 is 0 Å². The van der Waals surface area contributed by atoms with Gasteiger partial charge in [0.05, 0.1) is 0 Å². The number of piperazine rings is 1. The Morgan fingerprint density at radius 1 is 1.15 bits per heavy atom. The third-order valence-corrected chi connectivity index (χ3v) is 4.63. The van der Waals surface area contributed by atoms with Crippen LogP contribution < -0.4 is 10.2 Å². The maximum absolute atomic E-state index is 4.61. The monoisotopic (exact) mass is 336 g/mol. The number of fused-ring (bicyclic) bond motifs is 1. The summed E-state index contributed by atoms with van der Waals surface area (Å²) in [5.74, 6) is 0.842. The smallest absolute Gasteiger partial charge is 0.245 e. The SMILES string of the molecule is Brc1ccc2nc(N3CCN(C4CNC4)CC3)nn2c1. The van der Waals surface area contributed by atoms with Gasteiger partial charge in [0.1, 0.15) is 0 Å². The number of nitrogens with one attached hydrogen (secondary N) is 1. The molecule has 0 amide bonds. The van der Waals surface area contributed by atoms with Gasteiger partial charge in [-0.1, -0.05) is 0 Å². The molecule has 2 aliphatic heterocycles. The molecule has 4 heterocycles. The number of anilines is 1. The predicted molar refractivity (Wildman–Crippen MR) is 81.1 cm³/mol. The van der Waals surface area contributed by atoms with Gasteiger partial charge in [-0.05, 0) is 28.1 Å². The molecule has 1 N–H and O–H groups in total. The average molecular weight is 337 g/mol. The highest BCUT2D eigenvalue weighted by Gasteiger charge is 2.28. The maximum Gasteiger partial charge on any atom is 0.245 e. The van der Waals surface area contributed by atoms with Crippen LogP contribution in [0.4, 0.5) is 5.95 Å². The fourth-order valence-electron chi connectivity index (χ4n) is 2.80. The Balaban J connectivity index is 1.49. The molecule has 2 saturated heterocycles. The van der Waals surface area contributed by atoms with Crippen molar-refractivity contribution in [1.82, 2.24) is 24.8 Å². The molecule has 0 saturated carbocycles. The summed E-state index contributed by atoms with van der Waals surface area (Å²) in [6.07, 6.45) is 1.95. The minimum absolute atomic E-state index is 0.738. The second kappa shape index (κ2) is 4.98. The first-order valence-corrected chi connectivity index (χ1v) is 7.80. The third kappa shape index (κ3) is 2.19. The highest BCUT2D eigenvalue weighted by Crippen LogP contribution is 2.17. The molecule has 0 spiro atoms.